The van der Waals surface area contributed by atoms with Gasteiger partial charge < -0.3 is 10.4 Å². The summed E-state index contributed by atoms with van der Waals surface area (Å²) in [7, 11) is 0. The fourth-order valence-electron chi connectivity index (χ4n) is 1.91. The van der Waals surface area contributed by atoms with E-state index in [1.165, 1.54) is 12.2 Å². The van der Waals surface area contributed by atoms with Crippen LogP contribution < -0.4 is 5.32 Å². The van der Waals surface area contributed by atoms with Gasteiger partial charge in [-0.25, -0.2) is 9.79 Å². The van der Waals surface area contributed by atoms with Crippen LogP contribution >= 0.6 is 0 Å². The summed E-state index contributed by atoms with van der Waals surface area (Å²) >= 11 is 0. The molecule has 2 aliphatic heterocycles. The molecule has 5 nitrogen and oxygen atoms in total. The van der Waals surface area contributed by atoms with Crippen molar-refractivity contribution in [3.63, 3.8) is 0 Å². The Morgan fingerprint density at radius 3 is 2.79 bits per heavy atom. The summed E-state index contributed by atoms with van der Waals surface area (Å²) in [6.45, 7) is 3.62. The molecule has 0 bridgehead atoms. The van der Waals surface area contributed by atoms with Gasteiger partial charge >= 0.3 is 5.97 Å². The van der Waals surface area contributed by atoms with Crippen molar-refractivity contribution in [2.45, 2.75) is 20.3 Å². The van der Waals surface area contributed by atoms with Crippen LogP contribution in [0.3, 0.4) is 0 Å². The largest absolute Gasteiger partial charge is 0.478 e. The van der Waals surface area contributed by atoms with Crippen molar-refractivity contribution in [1.29, 1.82) is 0 Å². The van der Waals surface area contributed by atoms with Crippen LogP contribution in [0.1, 0.15) is 20.3 Å². The summed E-state index contributed by atoms with van der Waals surface area (Å²) < 4.78 is 0. The quantitative estimate of drug-likeness (QED) is 0.790. The third-order valence-corrected chi connectivity index (χ3v) is 2.97. The van der Waals surface area contributed by atoms with Gasteiger partial charge in [0.2, 0.25) is 0 Å². The van der Waals surface area contributed by atoms with Crippen molar-refractivity contribution >= 4 is 17.6 Å². The molecule has 0 aromatic carbocycles. The molecule has 2 N–H and O–H groups in total. The first-order valence-electron chi connectivity index (χ1n) is 5.96. The summed E-state index contributed by atoms with van der Waals surface area (Å²) in [5.74, 6) is -1.21. The Bertz CT molecular complexity index is 604. The molecular formula is C14H14N2O3. The van der Waals surface area contributed by atoms with Crippen LogP contribution in [0.5, 0.6) is 0 Å². The molecule has 0 saturated heterocycles. The van der Waals surface area contributed by atoms with Crippen LogP contribution in [-0.4, -0.2) is 22.7 Å². The van der Waals surface area contributed by atoms with E-state index in [0.717, 1.165) is 5.57 Å². The van der Waals surface area contributed by atoms with Gasteiger partial charge in [-0.05, 0) is 31.6 Å². The minimum atomic E-state index is -0.989. The van der Waals surface area contributed by atoms with Crippen molar-refractivity contribution in [3.05, 3.63) is 46.8 Å². The zero-order valence-electron chi connectivity index (χ0n) is 10.7. The van der Waals surface area contributed by atoms with Crippen molar-refractivity contribution in [3.8, 4) is 0 Å². The fourth-order valence-corrected chi connectivity index (χ4v) is 1.91. The zero-order valence-corrected chi connectivity index (χ0v) is 10.7. The molecule has 2 aliphatic rings. The summed E-state index contributed by atoms with van der Waals surface area (Å²) in [5, 5.41) is 12.0. The molecule has 0 aromatic heterocycles. The number of hydrogen-bond acceptors (Lipinski definition) is 3. The number of nitrogens with one attached hydrogen (secondary N) is 1. The lowest BCUT2D eigenvalue weighted by atomic mass is 9.98. The first-order valence-corrected chi connectivity index (χ1v) is 5.96. The fraction of sp³-hybridized carbons (Fsp3) is 0.214. The number of carbonyl (C=O) groups is 2. The molecule has 0 radical (unpaired) electrons. The Balaban J connectivity index is 2.50. The molecule has 0 aromatic rings. The first kappa shape index (κ1) is 13.0. The maximum absolute atomic E-state index is 11.6. The Kier molecular flexibility index (Phi) is 3.46. The molecule has 5 heteroatoms. The van der Waals surface area contributed by atoms with Crippen LogP contribution in [-0.2, 0) is 9.59 Å². The van der Waals surface area contributed by atoms with Crippen molar-refractivity contribution in [2.75, 3.05) is 0 Å². The molecule has 2 rings (SSSR count). The molecule has 98 valence electrons. The number of carboxylic acid groups (broad SMARTS) is 1. The minimum absolute atomic E-state index is 0.192. The van der Waals surface area contributed by atoms with Crippen LogP contribution in [0.2, 0.25) is 0 Å². The van der Waals surface area contributed by atoms with E-state index in [0.29, 0.717) is 23.4 Å². The number of aliphatic imine (C=N–C) groups is 1. The van der Waals surface area contributed by atoms with E-state index in [4.69, 9.17) is 5.11 Å². The Hall–Kier alpha value is -2.43. The molecule has 19 heavy (non-hydrogen) atoms. The topological polar surface area (TPSA) is 78.8 Å². The van der Waals surface area contributed by atoms with Crippen LogP contribution in [0.15, 0.2) is 51.8 Å². The lowest BCUT2D eigenvalue weighted by Gasteiger charge is -2.17. The molecule has 0 atom stereocenters. The highest BCUT2D eigenvalue weighted by molar-refractivity contribution is 6.15. The molecule has 0 fully saturated rings. The van der Waals surface area contributed by atoms with Gasteiger partial charge in [-0.2, -0.15) is 0 Å². The highest BCUT2D eigenvalue weighted by atomic mass is 16.4. The molecule has 1 amide bonds. The summed E-state index contributed by atoms with van der Waals surface area (Å²) in [4.78, 5) is 26.6. The van der Waals surface area contributed by atoms with Crippen molar-refractivity contribution in [2.24, 2.45) is 4.99 Å². The molecule has 0 unspecified atom stereocenters. The summed E-state index contributed by atoms with van der Waals surface area (Å²) in [6.07, 6.45) is 6.95. The molecule has 2 heterocycles. The first-order chi connectivity index (χ1) is 9.02. The monoisotopic (exact) mass is 258 g/mol. The van der Waals surface area contributed by atoms with Crippen LogP contribution in [0.4, 0.5) is 0 Å². The standard InChI is InChI=1S/C14H14N2O3/c1-3-9-6-11(8(2)16-13(9)17)12-7-10(14(18)19)4-5-15-12/h4-7,15H,3H2,1-2H3,(H,18,19). The highest BCUT2D eigenvalue weighted by Crippen LogP contribution is 2.21. The smallest absolute Gasteiger partial charge is 0.335 e. The van der Waals surface area contributed by atoms with Crippen LogP contribution in [0.25, 0.3) is 0 Å². The van der Waals surface area contributed by atoms with Crippen molar-refractivity contribution < 1.29 is 14.7 Å². The van der Waals surface area contributed by atoms with Gasteiger partial charge in [0.25, 0.3) is 5.91 Å². The predicted octanol–water partition coefficient (Wildman–Crippen LogP) is 1.71. The van der Waals surface area contributed by atoms with Gasteiger partial charge in [0.1, 0.15) is 0 Å². The second kappa shape index (κ2) is 5.06. The van der Waals surface area contributed by atoms with E-state index in [2.05, 4.69) is 10.3 Å². The third-order valence-electron chi connectivity index (χ3n) is 2.97. The summed E-state index contributed by atoms with van der Waals surface area (Å²) in [6, 6.07) is 0. The second-order valence-corrected chi connectivity index (χ2v) is 4.24. The number of carboxylic acids is 1. The van der Waals surface area contributed by atoms with Gasteiger partial charge in [0.05, 0.1) is 11.3 Å². The number of allylic oxidation sites excluding steroid dienone is 3. The molecule has 0 spiro atoms. The van der Waals surface area contributed by atoms with E-state index < -0.39 is 5.97 Å². The van der Waals surface area contributed by atoms with Gasteiger partial charge in [-0.3, -0.25) is 4.79 Å². The number of carbonyl (C=O) groups excluding carboxylic acids is 1. The molecule has 0 aliphatic carbocycles. The lowest BCUT2D eigenvalue weighted by Crippen LogP contribution is -2.19. The van der Waals surface area contributed by atoms with E-state index in [1.54, 1.807) is 19.2 Å². The Labute approximate surface area is 110 Å². The average molecular weight is 258 g/mol. The number of nitrogens with zero attached hydrogens (tertiary/aromatic N) is 1. The third kappa shape index (κ3) is 2.54. The van der Waals surface area contributed by atoms with Gasteiger partial charge in [-0.1, -0.05) is 6.92 Å². The SMILES string of the molecule is CCC1=CC(=C2C=C(C(=O)O)C=CN2)C(C)=NC1=O. The second-order valence-electron chi connectivity index (χ2n) is 4.24. The lowest BCUT2D eigenvalue weighted by molar-refractivity contribution is -0.132. The number of dihydropyridines is 2. The molecular weight excluding hydrogens is 244 g/mol. The number of aliphatic carboxylic acids is 1. The van der Waals surface area contributed by atoms with Gasteiger partial charge in [-0.15, -0.1) is 0 Å². The normalized spacial score (nSPS) is 22.4. The Morgan fingerprint density at radius 2 is 2.16 bits per heavy atom. The number of amides is 1. The maximum Gasteiger partial charge on any atom is 0.335 e. The average Bonchev–Trinajstić information content (AvgIpc) is 2.39. The zero-order chi connectivity index (χ0) is 14.0. The number of rotatable bonds is 2. The number of hydrogen-bond donors (Lipinski definition) is 2. The van der Waals surface area contributed by atoms with Gasteiger partial charge in [0, 0.05) is 23.0 Å². The van der Waals surface area contributed by atoms with Crippen molar-refractivity contribution in [1.82, 2.24) is 5.32 Å². The van der Waals surface area contributed by atoms with E-state index in [-0.39, 0.29) is 11.5 Å². The Morgan fingerprint density at radius 1 is 1.42 bits per heavy atom. The van der Waals surface area contributed by atoms with E-state index in [1.807, 2.05) is 6.92 Å². The van der Waals surface area contributed by atoms with E-state index >= 15 is 0 Å². The van der Waals surface area contributed by atoms with Gasteiger partial charge in [0.15, 0.2) is 0 Å². The van der Waals surface area contributed by atoms with E-state index in [9.17, 15) is 9.59 Å². The maximum atomic E-state index is 11.6. The predicted molar refractivity (Wildman–Crippen MR) is 71.5 cm³/mol. The highest BCUT2D eigenvalue weighted by Gasteiger charge is 2.19. The molecule has 0 saturated carbocycles. The summed E-state index contributed by atoms with van der Waals surface area (Å²) in [5.41, 5.74) is 2.78. The minimum Gasteiger partial charge on any atom is -0.478 e. The van der Waals surface area contributed by atoms with Crippen LogP contribution in [0, 0.1) is 0 Å².